The van der Waals surface area contributed by atoms with Gasteiger partial charge in [-0.3, -0.25) is 4.79 Å². The summed E-state index contributed by atoms with van der Waals surface area (Å²) in [6, 6.07) is 7.10. The molecule has 4 nitrogen and oxygen atoms in total. The number of nitrogens with two attached hydrogens (primary N) is 1. The summed E-state index contributed by atoms with van der Waals surface area (Å²) in [6.07, 6.45) is 2.26. The number of carboxylic acids is 1. The summed E-state index contributed by atoms with van der Waals surface area (Å²) in [5.41, 5.74) is 6.50. The molecule has 1 rings (SSSR count). The number of aliphatic carboxylic acids is 1. The van der Waals surface area contributed by atoms with Crippen LogP contribution in [0.5, 0.6) is 5.75 Å². The van der Waals surface area contributed by atoms with Crippen molar-refractivity contribution in [3.8, 4) is 5.75 Å². The topological polar surface area (TPSA) is 83.5 Å². The van der Waals surface area contributed by atoms with E-state index < -0.39 is 11.9 Å². The van der Waals surface area contributed by atoms with Crippen LogP contribution in [-0.2, 0) is 11.2 Å². The van der Waals surface area contributed by atoms with Gasteiger partial charge in [0.05, 0.1) is 5.92 Å². The molecule has 0 aliphatic rings. The highest BCUT2D eigenvalue weighted by Crippen LogP contribution is 2.22. The Morgan fingerprint density at radius 3 is 2.67 bits per heavy atom. The van der Waals surface area contributed by atoms with Gasteiger partial charge in [0, 0.05) is 6.54 Å². The number of carboxylic acid groups (broad SMARTS) is 1. The third-order valence-electron chi connectivity index (χ3n) is 3.26. The van der Waals surface area contributed by atoms with Crippen LogP contribution in [-0.4, -0.2) is 22.7 Å². The number of phenols is 1. The summed E-state index contributed by atoms with van der Waals surface area (Å²) < 4.78 is 0. The smallest absolute Gasteiger partial charge is 0.307 e. The minimum Gasteiger partial charge on any atom is -0.508 e. The monoisotopic (exact) mass is 251 g/mol. The first-order valence-electron chi connectivity index (χ1n) is 6.27. The average Bonchev–Trinajstić information content (AvgIpc) is 2.34. The van der Waals surface area contributed by atoms with Crippen molar-refractivity contribution >= 4 is 5.97 Å². The predicted octanol–water partition coefficient (Wildman–Crippen LogP) is 2.01. The van der Waals surface area contributed by atoms with Crippen LogP contribution in [0.15, 0.2) is 24.3 Å². The third kappa shape index (κ3) is 4.37. The molecule has 1 aromatic rings. The van der Waals surface area contributed by atoms with Gasteiger partial charge in [0.25, 0.3) is 0 Å². The van der Waals surface area contributed by atoms with Gasteiger partial charge in [-0.1, -0.05) is 25.5 Å². The summed E-state index contributed by atoms with van der Waals surface area (Å²) in [5, 5.41) is 18.4. The second kappa shape index (κ2) is 7.01. The fourth-order valence-electron chi connectivity index (χ4n) is 2.11. The Morgan fingerprint density at radius 1 is 1.44 bits per heavy atom. The van der Waals surface area contributed by atoms with Crippen LogP contribution in [0, 0.1) is 11.8 Å². The lowest BCUT2D eigenvalue weighted by molar-refractivity contribution is -0.142. The van der Waals surface area contributed by atoms with E-state index in [-0.39, 0.29) is 18.2 Å². The van der Waals surface area contributed by atoms with Gasteiger partial charge in [-0.2, -0.15) is 0 Å². The minimum absolute atomic E-state index is 0.172. The molecule has 0 heterocycles. The zero-order valence-electron chi connectivity index (χ0n) is 10.7. The number of hydrogen-bond acceptors (Lipinski definition) is 3. The molecule has 4 N–H and O–H groups in total. The van der Waals surface area contributed by atoms with Crippen molar-refractivity contribution < 1.29 is 15.0 Å². The fraction of sp³-hybridized carbons (Fsp3) is 0.500. The van der Waals surface area contributed by atoms with Crippen LogP contribution in [0.25, 0.3) is 0 Å². The van der Waals surface area contributed by atoms with E-state index in [0.717, 1.165) is 18.4 Å². The van der Waals surface area contributed by atoms with E-state index in [9.17, 15) is 9.90 Å². The first kappa shape index (κ1) is 14.5. The molecule has 0 spiro atoms. The zero-order chi connectivity index (χ0) is 13.5. The van der Waals surface area contributed by atoms with E-state index in [1.54, 1.807) is 18.2 Å². The third-order valence-corrected chi connectivity index (χ3v) is 3.26. The molecule has 0 bridgehead atoms. The number of carbonyl (C=O) groups is 1. The van der Waals surface area contributed by atoms with E-state index >= 15 is 0 Å². The van der Waals surface area contributed by atoms with Crippen LogP contribution < -0.4 is 5.73 Å². The molecule has 0 saturated carbocycles. The van der Waals surface area contributed by atoms with E-state index in [2.05, 4.69) is 0 Å². The molecule has 1 aromatic carbocycles. The second-order valence-electron chi connectivity index (χ2n) is 4.65. The Balaban J connectivity index is 2.64. The van der Waals surface area contributed by atoms with Crippen LogP contribution >= 0.6 is 0 Å². The maximum absolute atomic E-state index is 11.0. The van der Waals surface area contributed by atoms with Gasteiger partial charge in [0.1, 0.15) is 5.75 Å². The summed E-state index contributed by atoms with van der Waals surface area (Å²) in [6.45, 7) is 2.22. The highest BCUT2D eigenvalue weighted by atomic mass is 16.4. The number of benzene rings is 1. The van der Waals surface area contributed by atoms with Gasteiger partial charge in [-0.05, 0) is 36.5 Å². The maximum Gasteiger partial charge on any atom is 0.307 e. The lowest BCUT2D eigenvalue weighted by Crippen LogP contribution is -2.26. The van der Waals surface area contributed by atoms with Gasteiger partial charge in [-0.25, -0.2) is 0 Å². The van der Waals surface area contributed by atoms with E-state index in [4.69, 9.17) is 10.8 Å². The summed E-state index contributed by atoms with van der Waals surface area (Å²) in [7, 11) is 0. The first-order valence-corrected chi connectivity index (χ1v) is 6.27. The average molecular weight is 251 g/mol. The van der Waals surface area contributed by atoms with Crippen LogP contribution in [0.4, 0.5) is 0 Å². The van der Waals surface area contributed by atoms with Crippen molar-refractivity contribution in [2.24, 2.45) is 17.6 Å². The Labute approximate surface area is 107 Å². The maximum atomic E-state index is 11.0. The molecule has 0 aromatic heterocycles. The van der Waals surface area contributed by atoms with Gasteiger partial charge >= 0.3 is 5.97 Å². The summed E-state index contributed by atoms with van der Waals surface area (Å²) >= 11 is 0. The van der Waals surface area contributed by atoms with Crippen molar-refractivity contribution in [3.63, 3.8) is 0 Å². The minimum atomic E-state index is -0.827. The van der Waals surface area contributed by atoms with E-state index in [1.165, 1.54) is 0 Å². The van der Waals surface area contributed by atoms with Crippen molar-refractivity contribution in [3.05, 3.63) is 29.8 Å². The highest BCUT2D eigenvalue weighted by Gasteiger charge is 2.20. The van der Waals surface area contributed by atoms with Crippen LogP contribution in [0.1, 0.15) is 25.3 Å². The lowest BCUT2D eigenvalue weighted by Gasteiger charge is -2.19. The van der Waals surface area contributed by atoms with Crippen LogP contribution in [0.3, 0.4) is 0 Å². The molecule has 0 radical (unpaired) electrons. The zero-order valence-corrected chi connectivity index (χ0v) is 10.7. The Hall–Kier alpha value is -1.55. The van der Waals surface area contributed by atoms with Gasteiger partial charge in [0.2, 0.25) is 0 Å². The Morgan fingerprint density at radius 2 is 2.17 bits per heavy atom. The normalized spacial score (nSPS) is 14.1. The second-order valence-corrected chi connectivity index (χ2v) is 4.65. The van der Waals surface area contributed by atoms with Crippen molar-refractivity contribution in [2.75, 3.05) is 6.54 Å². The van der Waals surface area contributed by atoms with Gasteiger partial charge in [-0.15, -0.1) is 0 Å². The molecule has 0 aliphatic heterocycles. The molecule has 2 unspecified atom stereocenters. The number of rotatable bonds is 7. The molecule has 0 fully saturated rings. The Bertz CT molecular complexity index is 392. The van der Waals surface area contributed by atoms with Gasteiger partial charge < -0.3 is 15.9 Å². The lowest BCUT2D eigenvalue weighted by atomic mass is 9.87. The van der Waals surface area contributed by atoms with Crippen molar-refractivity contribution in [2.45, 2.75) is 26.2 Å². The highest BCUT2D eigenvalue weighted by molar-refractivity contribution is 5.70. The Kier molecular flexibility index (Phi) is 5.65. The standard InChI is InChI=1S/C14H21NO3/c1-2-10(7-12(9-15)14(17)18)6-11-4-3-5-13(16)8-11/h3-5,8,10,12,16H,2,6-7,9,15H2,1H3,(H,17,18). The van der Waals surface area contributed by atoms with Crippen molar-refractivity contribution in [1.29, 1.82) is 0 Å². The molecule has 100 valence electrons. The molecule has 4 heteroatoms. The largest absolute Gasteiger partial charge is 0.508 e. The number of hydrogen-bond donors (Lipinski definition) is 3. The fourth-order valence-corrected chi connectivity index (χ4v) is 2.11. The van der Waals surface area contributed by atoms with Crippen LogP contribution in [0.2, 0.25) is 0 Å². The molecular formula is C14H21NO3. The summed E-state index contributed by atoms with van der Waals surface area (Å²) in [5.74, 6) is -0.786. The quantitative estimate of drug-likeness (QED) is 0.692. The van der Waals surface area contributed by atoms with Crippen molar-refractivity contribution in [1.82, 2.24) is 0 Å². The number of aromatic hydroxyl groups is 1. The van der Waals surface area contributed by atoms with Gasteiger partial charge in [0.15, 0.2) is 0 Å². The first-order chi connectivity index (χ1) is 8.56. The van der Waals surface area contributed by atoms with E-state index in [0.29, 0.717) is 6.42 Å². The SMILES string of the molecule is CCC(Cc1cccc(O)c1)CC(CN)C(=O)O. The van der Waals surface area contributed by atoms with E-state index in [1.807, 2.05) is 13.0 Å². The predicted molar refractivity (Wildman–Crippen MR) is 70.4 cm³/mol. The molecule has 2 atom stereocenters. The number of phenolic OH excluding ortho intramolecular Hbond substituents is 1. The molecule has 0 amide bonds. The molecular weight excluding hydrogens is 230 g/mol. The molecule has 18 heavy (non-hydrogen) atoms. The molecule has 0 saturated heterocycles. The molecule has 0 aliphatic carbocycles. The summed E-state index contributed by atoms with van der Waals surface area (Å²) in [4.78, 5) is 11.0.